The van der Waals surface area contributed by atoms with Crippen molar-refractivity contribution in [1.29, 1.82) is 0 Å². The lowest BCUT2D eigenvalue weighted by atomic mass is 10.3. The summed E-state index contributed by atoms with van der Waals surface area (Å²) in [5, 5.41) is 6.97. The van der Waals surface area contributed by atoms with Gasteiger partial charge in [-0.05, 0) is 13.3 Å². The Morgan fingerprint density at radius 3 is 2.86 bits per heavy atom. The minimum Gasteiger partial charge on any atom is -0.311 e. The van der Waals surface area contributed by atoms with Crippen molar-refractivity contribution in [3.8, 4) is 0 Å². The van der Waals surface area contributed by atoms with Crippen molar-refractivity contribution in [1.82, 2.24) is 19.3 Å². The summed E-state index contributed by atoms with van der Waals surface area (Å²) in [6.07, 6.45) is 4.03. The van der Waals surface area contributed by atoms with Gasteiger partial charge in [0.15, 0.2) is 0 Å². The molecule has 0 radical (unpaired) electrons. The molecule has 1 atom stereocenters. The molecule has 0 aliphatic heterocycles. The third-order valence-corrected chi connectivity index (χ3v) is 3.42. The van der Waals surface area contributed by atoms with E-state index < -0.39 is 11.2 Å². The van der Waals surface area contributed by atoms with Crippen molar-refractivity contribution >= 4 is 11.7 Å². The Bertz CT molecular complexity index is 758. The standard InChI is InChI=1S/C14H19N5O3/c1-3-10(2)19-11(4-7-15-19)16-12(20)5-8-18-9-6-13(21)17-14(18)22/h4,6-7,9-10H,3,5,8H2,1-2H3,(H,16,20)(H,17,21,22)/t10-/m1/s1. The summed E-state index contributed by atoms with van der Waals surface area (Å²) < 4.78 is 3.04. The summed E-state index contributed by atoms with van der Waals surface area (Å²) >= 11 is 0. The molecule has 1 amide bonds. The highest BCUT2D eigenvalue weighted by Gasteiger charge is 2.11. The zero-order chi connectivity index (χ0) is 16.1. The number of H-pyrrole nitrogens is 1. The van der Waals surface area contributed by atoms with Gasteiger partial charge in [-0.15, -0.1) is 0 Å². The van der Waals surface area contributed by atoms with Crippen molar-refractivity contribution in [2.75, 3.05) is 5.32 Å². The van der Waals surface area contributed by atoms with Crippen LogP contribution in [0, 0.1) is 0 Å². The van der Waals surface area contributed by atoms with Crippen LogP contribution in [-0.4, -0.2) is 25.2 Å². The lowest BCUT2D eigenvalue weighted by Crippen LogP contribution is -2.30. The lowest BCUT2D eigenvalue weighted by molar-refractivity contribution is -0.116. The first kappa shape index (κ1) is 15.7. The second kappa shape index (κ2) is 6.88. The number of nitrogens with one attached hydrogen (secondary N) is 2. The first-order chi connectivity index (χ1) is 10.5. The van der Waals surface area contributed by atoms with E-state index in [9.17, 15) is 14.4 Å². The van der Waals surface area contributed by atoms with Gasteiger partial charge in [-0.2, -0.15) is 5.10 Å². The maximum Gasteiger partial charge on any atom is 0.328 e. The maximum atomic E-state index is 12.0. The fraction of sp³-hybridized carbons (Fsp3) is 0.429. The van der Waals surface area contributed by atoms with E-state index in [1.165, 1.54) is 16.8 Å². The number of anilines is 1. The Labute approximate surface area is 126 Å². The molecule has 2 rings (SSSR count). The summed E-state index contributed by atoms with van der Waals surface area (Å²) in [5.74, 6) is 0.413. The van der Waals surface area contributed by atoms with E-state index in [2.05, 4.69) is 15.4 Å². The normalized spacial score (nSPS) is 12.1. The van der Waals surface area contributed by atoms with Crippen LogP contribution in [0.2, 0.25) is 0 Å². The molecule has 118 valence electrons. The molecule has 8 nitrogen and oxygen atoms in total. The quantitative estimate of drug-likeness (QED) is 0.821. The molecule has 0 saturated heterocycles. The predicted octanol–water partition coefficient (Wildman–Crippen LogP) is 0.733. The van der Waals surface area contributed by atoms with Gasteiger partial charge in [0.25, 0.3) is 5.56 Å². The monoisotopic (exact) mass is 305 g/mol. The van der Waals surface area contributed by atoms with Gasteiger partial charge in [0, 0.05) is 31.3 Å². The molecular weight excluding hydrogens is 286 g/mol. The minimum atomic E-state index is -0.523. The minimum absolute atomic E-state index is 0.123. The third kappa shape index (κ3) is 3.72. The van der Waals surface area contributed by atoms with E-state index in [0.717, 1.165) is 6.42 Å². The topological polar surface area (TPSA) is 102 Å². The maximum absolute atomic E-state index is 12.0. The number of aromatic nitrogens is 4. The highest BCUT2D eigenvalue weighted by Crippen LogP contribution is 2.16. The van der Waals surface area contributed by atoms with E-state index in [-0.39, 0.29) is 24.9 Å². The zero-order valence-electron chi connectivity index (χ0n) is 12.6. The third-order valence-electron chi connectivity index (χ3n) is 3.42. The van der Waals surface area contributed by atoms with E-state index in [4.69, 9.17) is 0 Å². The van der Waals surface area contributed by atoms with Crippen LogP contribution in [-0.2, 0) is 11.3 Å². The average molecular weight is 305 g/mol. The molecule has 2 heterocycles. The summed E-state index contributed by atoms with van der Waals surface area (Å²) in [5.41, 5.74) is -0.979. The van der Waals surface area contributed by atoms with Crippen LogP contribution in [0.15, 0.2) is 34.1 Å². The number of carbonyl (C=O) groups is 1. The molecule has 2 aromatic heterocycles. The Hall–Kier alpha value is -2.64. The van der Waals surface area contributed by atoms with Gasteiger partial charge in [0.1, 0.15) is 5.82 Å². The molecular formula is C14H19N5O3. The number of aryl methyl sites for hydroxylation is 1. The molecule has 0 saturated carbocycles. The van der Waals surface area contributed by atoms with Gasteiger partial charge in [-0.3, -0.25) is 14.6 Å². The van der Waals surface area contributed by atoms with Crippen LogP contribution >= 0.6 is 0 Å². The summed E-state index contributed by atoms with van der Waals surface area (Å²) in [6.45, 7) is 4.25. The highest BCUT2D eigenvalue weighted by molar-refractivity contribution is 5.89. The number of hydrogen-bond acceptors (Lipinski definition) is 4. The zero-order valence-corrected chi connectivity index (χ0v) is 12.6. The number of rotatable bonds is 6. The lowest BCUT2D eigenvalue weighted by Gasteiger charge is -2.14. The van der Waals surface area contributed by atoms with Crippen LogP contribution in [0.25, 0.3) is 0 Å². The summed E-state index contributed by atoms with van der Waals surface area (Å²) in [7, 11) is 0. The van der Waals surface area contributed by atoms with Crippen LogP contribution < -0.4 is 16.6 Å². The molecule has 0 aromatic carbocycles. The van der Waals surface area contributed by atoms with E-state index >= 15 is 0 Å². The molecule has 0 fully saturated rings. The molecule has 0 spiro atoms. The summed E-state index contributed by atoms with van der Waals surface area (Å²) in [4.78, 5) is 36.6. The molecule has 0 unspecified atom stereocenters. The molecule has 2 aromatic rings. The Kier molecular flexibility index (Phi) is 4.92. The number of carbonyl (C=O) groups excluding carboxylic acids is 1. The first-order valence-corrected chi connectivity index (χ1v) is 7.14. The molecule has 0 aliphatic carbocycles. The fourth-order valence-electron chi connectivity index (χ4n) is 1.99. The predicted molar refractivity (Wildman–Crippen MR) is 81.8 cm³/mol. The van der Waals surface area contributed by atoms with Crippen molar-refractivity contribution in [3.63, 3.8) is 0 Å². The Morgan fingerprint density at radius 1 is 1.41 bits per heavy atom. The first-order valence-electron chi connectivity index (χ1n) is 7.14. The van der Waals surface area contributed by atoms with Crippen molar-refractivity contribution < 1.29 is 4.79 Å². The highest BCUT2D eigenvalue weighted by atomic mass is 16.2. The SMILES string of the molecule is CC[C@@H](C)n1nccc1NC(=O)CCn1ccc(=O)[nH]c1=O. The molecule has 22 heavy (non-hydrogen) atoms. The number of amides is 1. The summed E-state index contributed by atoms with van der Waals surface area (Å²) in [6, 6.07) is 3.17. The second-order valence-corrected chi connectivity index (χ2v) is 5.02. The average Bonchev–Trinajstić information content (AvgIpc) is 2.93. The Balaban J connectivity index is 1.98. The molecule has 2 N–H and O–H groups in total. The van der Waals surface area contributed by atoms with Crippen molar-refractivity contribution in [2.24, 2.45) is 0 Å². The Morgan fingerprint density at radius 2 is 2.18 bits per heavy atom. The van der Waals surface area contributed by atoms with Gasteiger partial charge in [0.05, 0.1) is 12.2 Å². The van der Waals surface area contributed by atoms with Gasteiger partial charge in [0.2, 0.25) is 5.91 Å². The van der Waals surface area contributed by atoms with Crippen LogP contribution in [0.3, 0.4) is 0 Å². The number of nitrogens with zero attached hydrogens (tertiary/aromatic N) is 3. The smallest absolute Gasteiger partial charge is 0.311 e. The fourth-order valence-corrected chi connectivity index (χ4v) is 1.99. The number of aromatic amines is 1. The molecule has 0 aliphatic rings. The van der Waals surface area contributed by atoms with Crippen LogP contribution in [0.1, 0.15) is 32.7 Å². The van der Waals surface area contributed by atoms with Crippen molar-refractivity contribution in [2.45, 2.75) is 39.3 Å². The second-order valence-electron chi connectivity index (χ2n) is 5.02. The van der Waals surface area contributed by atoms with E-state index in [1.54, 1.807) is 16.9 Å². The van der Waals surface area contributed by atoms with Gasteiger partial charge >= 0.3 is 5.69 Å². The van der Waals surface area contributed by atoms with Gasteiger partial charge in [-0.25, -0.2) is 9.48 Å². The molecule has 0 bridgehead atoms. The largest absolute Gasteiger partial charge is 0.328 e. The van der Waals surface area contributed by atoms with Gasteiger partial charge in [-0.1, -0.05) is 6.92 Å². The van der Waals surface area contributed by atoms with Crippen LogP contribution in [0.5, 0.6) is 0 Å². The van der Waals surface area contributed by atoms with E-state index in [0.29, 0.717) is 5.82 Å². The number of hydrogen-bond donors (Lipinski definition) is 2. The van der Waals surface area contributed by atoms with Gasteiger partial charge < -0.3 is 9.88 Å². The molecule has 8 heteroatoms. The van der Waals surface area contributed by atoms with Crippen molar-refractivity contribution in [3.05, 3.63) is 45.4 Å². The van der Waals surface area contributed by atoms with E-state index in [1.807, 2.05) is 13.8 Å². The van der Waals surface area contributed by atoms with Crippen LogP contribution in [0.4, 0.5) is 5.82 Å².